The molecule has 1 rings (SSSR count). The summed E-state index contributed by atoms with van der Waals surface area (Å²) < 4.78 is 5.09. The van der Waals surface area contributed by atoms with E-state index in [9.17, 15) is 4.79 Å². The molecule has 1 aromatic rings. The summed E-state index contributed by atoms with van der Waals surface area (Å²) in [5, 5.41) is 11.7. The van der Waals surface area contributed by atoms with E-state index in [-0.39, 0.29) is 11.9 Å². The van der Waals surface area contributed by atoms with E-state index in [1.54, 1.807) is 19.2 Å². The number of nitriles is 1. The van der Waals surface area contributed by atoms with Gasteiger partial charge in [-0.15, -0.1) is 0 Å². The highest BCUT2D eigenvalue weighted by atomic mass is 16.5. The first-order chi connectivity index (χ1) is 9.19. The zero-order valence-corrected chi connectivity index (χ0v) is 11.5. The SMILES string of the molecule is CCCC(COC)NC(=O)Cc1ccc(C#N)cc1. The van der Waals surface area contributed by atoms with Crippen LogP contribution in [0, 0.1) is 11.3 Å². The Hall–Kier alpha value is -1.86. The molecule has 0 heterocycles. The third-order valence-corrected chi connectivity index (χ3v) is 2.82. The number of ether oxygens (including phenoxy) is 1. The Morgan fingerprint density at radius 3 is 2.63 bits per heavy atom. The van der Waals surface area contributed by atoms with E-state index in [0.29, 0.717) is 18.6 Å². The van der Waals surface area contributed by atoms with Crippen LogP contribution in [-0.4, -0.2) is 25.7 Å². The largest absolute Gasteiger partial charge is 0.383 e. The zero-order valence-electron chi connectivity index (χ0n) is 11.5. The molecule has 1 amide bonds. The zero-order chi connectivity index (χ0) is 14.1. The van der Waals surface area contributed by atoms with Crippen LogP contribution in [0.5, 0.6) is 0 Å². The lowest BCUT2D eigenvalue weighted by atomic mass is 10.1. The van der Waals surface area contributed by atoms with Crippen LogP contribution in [0.25, 0.3) is 0 Å². The van der Waals surface area contributed by atoms with E-state index in [4.69, 9.17) is 10.00 Å². The van der Waals surface area contributed by atoms with Crippen molar-refractivity contribution in [3.8, 4) is 6.07 Å². The normalized spacial score (nSPS) is 11.6. The Bertz CT molecular complexity index is 428. The van der Waals surface area contributed by atoms with Crippen molar-refractivity contribution in [3.63, 3.8) is 0 Å². The maximum absolute atomic E-state index is 11.9. The van der Waals surface area contributed by atoms with Crippen LogP contribution in [0.2, 0.25) is 0 Å². The van der Waals surface area contributed by atoms with Gasteiger partial charge in [0.25, 0.3) is 0 Å². The quantitative estimate of drug-likeness (QED) is 0.816. The van der Waals surface area contributed by atoms with Gasteiger partial charge in [0.05, 0.1) is 30.7 Å². The van der Waals surface area contributed by atoms with Crippen molar-refractivity contribution < 1.29 is 9.53 Å². The van der Waals surface area contributed by atoms with Crippen molar-refractivity contribution in [3.05, 3.63) is 35.4 Å². The molecule has 19 heavy (non-hydrogen) atoms. The number of nitrogens with zero attached hydrogens (tertiary/aromatic N) is 1. The lowest BCUT2D eigenvalue weighted by molar-refractivity contribution is -0.121. The second-order valence-corrected chi connectivity index (χ2v) is 4.49. The predicted octanol–water partition coefficient (Wildman–Crippen LogP) is 2.03. The van der Waals surface area contributed by atoms with Crippen LogP contribution in [-0.2, 0) is 16.0 Å². The van der Waals surface area contributed by atoms with Crippen LogP contribution in [0.1, 0.15) is 30.9 Å². The summed E-state index contributed by atoms with van der Waals surface area (Å²) in [7, 11) is 1.63. The van der Waals surface area contributed by atoms with E-state index in [1.165, 1.54) is 0 Å². The molecular formula is C15H20N2O2. The Kier molecular flexibility index (Phi) is 6.62. The van der Waals surface area contributed by atoms with Gasteiger partial charge in [-0.05, 0) is 24.1 Å². The van der Waals surface area contributed by atoms with E-state index in [1.807, 2.05) is 12.1 Å². The smallest absolute Gasteiger partial charge is 0.224 e. The molecule has 1 aromatic carbocycles. The van der Waals surface area contributed by atoms with Gasteiger partial charge in [0.2, 0.25) is 5.91 Å². The van der Waals surface area contributed by atoms with Crippen molar-refractivity contribution in [1.29, 1.82) is 5.26 Å². The van der Waals surface area contributed by atoms with Gasteiger partial charge in [-0.1, -0.05) is 25.5 Å². The monoisotopic (exact) mass is 260 g/mol. The number of nitrogens with one attached hydrogen (secondary N) is 1. The number of hydrogen-bond donors (Lipinski definition) is 1. The number of carbonyl (C=O) groups is 1. The van der Waals surface area contributed by atoms with Crippen molar-refractivity contribution >= 4 is 5.91 Å². The fourth-order valence-corrected chi connectivity index (χ4v) is 1.91. The summed E-state index contributed by atoms with van der Waals surface area (Å²) in [6.07, 6.45) is 2.24. The Balaban J connectivity index is 2.51. The molecule has 0 aliphatic heterocycles. The number of hydrogen-bond acceptors (Lipinski definition) is 3. The number of carbonyl (C=O) groups excluding carboxylic acids is 1. The van der Waals surface area contributed by atoms with Gasteiger partial charge in [0.1, 0.15) is 0 Å². The van der Waals surface area contributed by atoms with E-state index < -0.39 is 0 Å². The minimum atomic E-state index is -0.0137. The topological polar surface area (TPSA) is 62.1 Å². The highest BCUT2D eigenvalue weighted by Crippen LogP contribution is 2.05. The Morgan fingerprint density at radius 1 is 1.42 bits per heavy atom. The summed E-state index contributed by atoms with van der Waals surface area (Å²) in [5.41, 5.74) is 1.51. The lowest BCUT2D eigenvalue weighted by Gasteiger charge is -2.17. The predicted molar refractivity (Wildman–Crippen MR) is 73.6 cm³/mol. The molecule has 0 radical (unpaired) electrons. The standard InChI is InChI=1S/C15H20N2O2/c1-3-4-14(11-19-2)17-15(18)9-12-5-7-13(10-16)8-6-12/h5-8,14H,3-4,9,11H2,1-2H3,(H,17,18). The third kappa shape index (κ3) is 5.54. The maximum Gasteiger partial charge on any atom is 0.224 e. The number of rotatable bonds is 7. The summed E-state index contributed by atoms with van der Waals surface area (Å²) >= 11 is 0. The van der Waals surface area contributed by atoms with Crippen LogP contribution >= 0.6 is 0 Å². The average Bonchev–Trinajstić information content (AvgIpc) is 2.40. The molecule has 4 nitrogen and oxygen atoms in total. The van der Waals surface area contributed by atoms with E-state index in [0.717, 1.165) is 18.4 Å². The number of methoxy groups -OCH3 is 1. The van der Waals surface area contributed by atoms with Crippen LogP contribution in [0.4, 0.5) is 0 Å². The molecule has 0 spiro atoms. The highest BCUT2D eigenvalue weighted by Gasteiger charge is 2.11. The van der Waals surface area contributed by atoms with Gasteiger partial charge in [0.15, 0.2) is 0 Å². The second kappa shape index (κ2) is 8.28. The van der Waals surface area contributed by atoms with Crippen LogP contribution in [0.3, 0.4) is 0 Å². The Labute approximate surface area is 114 Å². The third-order valence-electron chi connectivity index (χ3n) is 2.82. The van der Waals surface area contributed by atoms with Gasteiger partial charge in [-0.25, -0.2) is 0 Å². The van der Waals surface area contributed by atoms with E-state index in [2.05, 4.69) is 18.3 Å². The van der Waals surface area contributed by atoms with Gasteiger partial charge >= 0.3 is 0 Å². The molecule has 0 aliphatic carbocycles. The second-order valence-electron chi connectivity index (χ2n) is 4.49. The van der Waals surface area contributed by atoms with Gasteiger partial charge in [-0.3, -0.25) is 4.79 Å². The molecule has 0 saturated carbocycles. The summed E-state index contributed by atoms with van der Waals surface area (Å²) in [6.45, 7) is 2.61. The molecule has 4 heteroatoms. The maximum atomic E-state index is 11.9. The van der Waals surface area contributed by atoms with Crippen LogP contribution in [0.15, 0.2) is 24.3 Å². The molecule has 0 aromatic heterocycles. The van der Waals surface area contributed by atoms with Gasteiger partial charge in [0, 0.05) is 7.11 Å². The molecular weight excluding hydrogens is 240 g/mol. The average molecular weight is 260 g/mol. The molecule has 1 atom stereocenters. The fourth-order valence-electron chi connectivity index (χ4n) is 1.91. The molecule has 1 N–H and O–H groups in total. The first-order valence-electron chi connectivity index (χ1n) is 6.47. The van der Waals surface area contributed by atoms with Crippen molar-refractivity contribution in [2.45, 2.75) is 32.2 Å². The fraction of sp³-hybridized carbons (Fsp3) is 0.467. The summed E-state index contributed by atoms with van der Waals surface area (Å²) in [6, 6.07) is 9.19. The summed E-state index contributed by atoms with van der Waals surface area (Å²) in [5.74, 6) is -0.0137. The van der Waals surface area contributed by atoms with Crippen LogP contribution < -0.4 is 5.32 Å². The number of amides is 1. The van der Waals surface area contributed by atoms with Crippen molar-refractivity contribution in [2.75, 3.05) is 13.7 Å². The highest BCUT2D eigenvalue weighted by molar-refractivity contribution is 5.78. The number of benzene rings is 1. The van der Waals surface area contributed by atoms with Gasteiger partial charge in [-0.2, -0.15) is 5.26 Å². The molecule has 102 valence electrons. The Morgan fingerprint density at radius 2 is 2.11 bits per heavy atom. The molecule has 0 fully saturated rings. The van der Waals surface area contributed by atoms with Crippen molar-refractivity contribution in [2.24, 2.45) is 0 Å². The first kappa shape index (κ1) is 15.2. The molecule has 1 unspecified atom stereocenters. The minimum absolute atomic E-state index is 0.0137. The first-order valence-corrected chi connectivity index (χ1v) is 6.47. The molecule has 0 aliphatic rings. The minimum Gasteiger partial charge on any atom is -0.383 e. The van der Waals surface area contributed by atoms with Crippen molar-refractivity contribution in [1.82, 2.24) is 5.32 Å². The lowest BCUT2D eigenvalue weighted by Crippen LogP contribution is -2.38. The van der Waals surface area contributed by atoms with Gasteiger partial charge < -0.3 is 10.1 Å². The molecule has 0 saturated heterocycles. The van der Waals surface area contributed by atoms with E-state index >= 15 is 0 Å². The molecule has 0 bridgehead atoms. The summed E-state index contributed by atoms with van der Waals surface area (Å²) in [4.78, 5) is 11.9.